The molecule has 0 aliphatic carbocycles. The standard InChI is InChI=1S/3C6H11.Sn/c3*1-3-5-6-4-2;/h3*3H,1-2,4-6H2;. The summed E-state index contributed by atoms with van der Waals surface area (Å²) in [4.78, 5) is 0. The van der Waals surface area contributed by atoms with Crippen molar-refractivity contribution in [2.45, 2.75) is 71.1 Å². The van der Waals surface area contributed by atoms with Gasteiger partial charge in [-0.2, -0.15) is 0 Å². The molecule has 1 heteroatoms. The van der Waals surface area contributed by atoms with E-state index < -0.39 is 19.8 Å². The molecule has 0 aliphatic heterocycles. The van der Waals surface area contributed by atoms with E-state index in [1.807, 2.05) is 0 Å². The van der Waals surface area contributed by atoms with Gasteiger partial charge >= 0.3 is 129 Å². The third-order valence-corrected chi connectivity index (χ3v) is 12.6. The zero-order valence-electron chi connectivity index (χ0n) is 12.8. The summed E-state index contributed by atoms with van der Waals surface area (Å²) < 4.78 is 4.83. The minimum absolute atomic E-state index is 1.05. The van der Waals surface area contributed by atoms with Crippen LogP contribution in [0.3, 0.4) is 0 Å². The van der Waals surface area contributed by atoms with E-state index >= 15 is 0 Å². The summed E-state index contributed by atoms with van der Waals surface area (Å²) >= 11 is -1.05. The maximum absolute atomic E-state index is 3.81. The minimum atomic E-state index is -1.05. The van der Waals surface area contributed by atoms with Crippen LogP contribution in [0, 0.1) is 0 Å². The van der Waals surface area contributed by atoms with Gasteiger partial charge in [0.05, 0.1) is 0 Å². The number of hydrogen-bond acceptors (Lipinski definition) is 0. The molecular weight excluding hydrogens is 335 g/mol. The molecule has 0 atom stereocenters. The van der Waals surface area contributed by atoms with Crippen LogP contribution in [0.2, 0.25) is 13.3 Å². The molecule has 0 amide bonds. The van der Waals surface area contributed by atoms with Gasteiger partial charge < -0.3 is 0 Å². The molecule has 0 aromatic carbocycles. The van der Waals surface area contributed by atoms with E-state index in [0.29, 0.717) is 0 Å². The summed E-state index contributed by atoms with van der Waals surface area (Å²) in [6.07, 6.45) is 18.3. The van der Waals surface area contributed by atoms with Crippen molar-refractivity contribution in [3.05, 3.63) is 38.0 Å². The fourth-order valence-corrected chi connectivity index (χ4v) is 10.9. The molecule has 19 heavy (non-hydrogen) atoms. The summed E-state index contributed by atoms with van der Waals surface area (Å²) in [5.74, 6) is 0. The Kier molecular flexibility index (Phi) is 16.1. The Morgan fingerprint density at radius 2 is 0.842 bits per heavy atom. The van der Waals surface area contributed by atoms with E-state index in [0.717, 1.165) is 0 Å². The predicted molar refractivity (Wildman–Crippen MR) is 92.3 cm³/mol. The van der Waals surface area contributed by atoms with Gasteiger partial charge in [0.2, 0.25) is 0 Å². The van der Waals surface area contributed by atoms with Crippen LogP contribution in [0.5, 0.6) is 0 Å². The first kappa shape index (κ1) is 19.0. The van der Waals surface area contributed by atoms with Crippen molar-refractivity contribution in [1.82, 2.24) is 0 Å². The van der Waals surface area contributed by atoms with Gasteiger partial charge in [0, 0.05) is 0 Å². The van der Waals surface area contributed by atoms with Gasteiger partial charge in [0.15, 0.2) is 0 Å². The Hall–Kier alpha value is 0.0187. The first-order valence-corrected chi connectivity index (χ1v) is 14.1. The van der Waals surface area contributed by atoms with Crippen molar-refractivity contribution >= 4 is 19.8 Å². The molecule has 0 saturated heterocycles. The molecule has 0 rings (SSSR count). The first-order chi connectivity index (χ1) is 9.35. The number of unbranched alkanes of at least 4 members (excludes halogenated alkanes) is 6. The normalized spacial score (nSPS) is 10.6. The first-order valence-electron chi connectivity index (χ1n) is 8.01. The molecule has 1 radical (unpaired) electrons. The predicted octanol–water partition coefficient (Wildman–Crippen LogP) is 6.55. The van der Waals surface area contributed by atoms with Gasteiger partial charge in [-0.3, -0.25) is 0 Å². The summed E-state index contributed by atoms with van der Waals surface area (Å²) in [7, 11) is 0. The maximum atomic E-state index is 3.81. The second kappa shape index (κ2) is 16.1. The van der Waals surface area contributed by atoms with Crippen LogP contribution in [-0.2, 0) is 0 Å². The molecule has 0 N–H and O–H groups in total. The van der Waals surface area contributed by atoms with Crippen molar-refractivity contribution in [2.24, 2.45) is 0 Å². The molecule has 0 aliphatic rings. The van der Waals surface area contributed by atoms with Gasteiger partial charge in [-0.15, -0.1) is 0 Å². The monoisotopic (exact) mass is 369 g/mol. The van der Waals surface area contributed by atoms with E-state index in [9.17, 15) is 0 Å². The third kappa shape index (κ3) is 14.2. The zero-order chi connectivity index (χ0) is 14.2. The Labute approximate surface area is 128 Å². The second-order valence-electron chi connectivity index (χ2n) is 5.35. The van der Waals surface area contributed by atoms with Crippen molar-refractivity contribution < 1.29 is 0 Å². The van der Waals surface area contributed by atoms with Crippen LogP contribution in [0.25, 0.3) is 0 Å². The average Bonchev–Trinajstić information content (AvgIpc) is 2.43. The number of allylic oxidation sites excluding steroid dienone is 3. The van der Waals surface area contributed by atoms with Gasteiger partial charge in [-0.25, -0.2) is 0 Å². The Bertz CT molecular complexity index is 182. The molecule has 0 heterocycles. The van der Waals surface area contributed by atoms with Crippen LogP contribution >= 0.6 is 0 Å². The number of hydrogen-bond donors (Lipinski definition) is 0. The topological polar surface area (TPSA) is 0 Å². The van der Waals surface area contributed by atoms with Gasteiger partial charge in [-0.05, 0) is 0 Å². The molecule has 0 fully saturated rings. The molecular formula is C18H33Sn. The summed E-state index contributed by atoms with van der Waals surface area (Å²) in [5.41, 5.74) is 0. The third-order valence-electron chi connectivity index (χ3n) is 3.57. The van der Waals surface area contributed by atoms with Gasteiger partial charge in [0.1, 0.15) is 0 Å². The quantitative estimate of drug-likeness (QED) is 0.175. The van der Waals surface area contributed by atoms with E-state index in [4.69, 9.17) is 0 Å². The zero-order valence-corrected chi connectivity index (χ0v) is 15.7. The molecule has 0 aromatic heterocycles. The summed E-state index contributed by atoms with van der Waals surface area (Å²) in [5, 5.41) is 0. The van der Waals surface area contributed by atoms with Crippen LogP contribution in [0.15, 0.2) is 38.0 Å². The molecule has 0 bridgehead atoms. The van der Waals surface area contributed by atoms with Crippen molar-refractivity contribution in [2.75, 3.05) is 0 Å². The van der Waals surface area contributed by atoms with E-state index in [1.165, 1.54) is 57.8 Å². The molecule has 0 aromatic rings. The molecule has 0 spiro atoms. The second-order valence-corrected chi connectivity index (χ2v) is 13.9. The van der Waals surface area contributed by atoms with Crippen molar-refractivity contribution in [1.29, 1.82) is 0 Å². The number of rotatable bonds is 15. The Morgan fingerprint density at radius 1 is 0.526 bits per heavy atom. The molecule has 0 unspecified atom stereocenters. The van der Waals surface area contributed by atoms with Crippen LogP contribution in [0.4, 0.5) is 0 Å². The van der Waals surface area contributed by atoms with Crippen molar-refractivity contribution in [3.8, 4) is 0 Å². The Morgan fingerprint density at radius 3 is 1.11 bits per heavy atom. The Balaban J connectivity index is 3.74. The van der Waals surface area contributed by atoms with E-state index in [2.05, 4.69) is 38.0 Å². The molecule has 0 saturated carbocycles. The van der Waals surface area contributed by atoms with Gasteiger partial charge in [-0.1, -0.05) is 0 Å². The summed E-state index contributed by atoms with van der Waals surface area (Å²) in [6, 6.07) is 0. The fraction of sp³-hybridized carbons (Fsp3) is 0.667. The fourth-order valence-electron chi connectivity index (χ4n) is 2.37. The molecule has 109 valence electrons. The van der Waals surface area contributed by atoms with Crippen LogP contribution < -0.4 is 0 Å². The van der Waals surface area contributed by atoms with Crippen LogP contribution in [-0.4, -0.2) is 19.8 Å². The SMILES string of the molecule is C=CCCC[CH2][Sn]([CH2]CCCC=C)[CH2]CCCC=C. The van der Waals surface area contributed by atoms with E-state index in [1.54, 1.807) is 13.3 Å². The van der Waals surface area contributed by atoms with Crippen LogP contribution in [0.1, 0.15) is 57.8 Å². The van der Waals surface area contributed by atoms with E-state index in [-0.39, 0.29) is 0 Å². The van der Waals surface area contributed by atoms with Gasteiger partial charge in [0.25, 0.3) is 0 Å². The summed E-state index contributed by atoms with van der Waals surface area (Å²) in [6.45, 7) is 11.4. The molecule has 0 nitrogen and oxygen atoms in total. The average molecular weight is 368 g/mol. The van der Waals surface area contributed by atoms with Crippen molar-refractivity contribution in [3.63, 3.8) is 0 Å².